The summed E-state index contributed by atoms with van der Waals surface area (Å²) in [5.41, 5.74) is 6.65. The van der Waals surface area contributed by atoms with Gasteiger partial charge in [0.05, 0.1) is 17.3 Å². The number of amides is 1. The Morgan fingerprint density at radius 3 is 2.50 bits per heavy atom. The van der Waals surface area contributed by atoms with Gasteiger partial charge < -0.3 is 5.73 Å². The van der Waals surface area contributed by atoms with Crippen molar-refractivity contribution in [3.05, 3.63) is 47.8 Å². The molecule has 2 aromatic rings. The number of nitrogens with zero attached hydrogens (tertiary/aromatic N) is 3. The van der Waals surface area contributed by atoms with Gasteiger partial charge in [0.2, 0.25) is 0 Å². The zero-order chi connectivity index (χ0) is 11.5. The first-order chi connectivity index (χ1) is 7.70. The number of aromatic nitrogens is 2. The van der Waals surface area contributed by atoms with Gasteiger partial charge in [0, 0.05) is 6.20 Å². The second-order valence-electron chi connectivity index (χ2n) is 3.17. The van der Waals surface area contributed by atoms with E-state index in [1.807, 2.05) is 6.07 Å². The lowest BCUT2D eigenvalue weighted by Gasteiger charge is -2.00. The van der Waals surface area contributed by atoms with Gasteiger partial charge in [0.15, 0.2) is 0 Å². The maximum absolute atomic E-state index is 10.8. The standard InChI is InChI=1S/C11H8N4O/c12-7-8-1-3-9(4-2-8)15-6-5-10(14-15)11(13)16/h1-6H,(H2,13,16). The summed E-state index contributed by atoms with van der Waals surface area (Å²) in [4.78, 5) is 10.8. The summed E-state index contributed by atoms with van der Waals surface area (Å²) in [5.74, 6) is -0.563. The van der Waals surface area contributed by atoms with Crippen molar-refractivity contribution in [2.45, 2.75) is 0 Å². The van der Waals surface area contributed by atoms with Crippen molar-refractivity contribution in [2.24, 2.45) is 5.73 Å². The maximum Gasteiger partial charge on any atom is 0.269 e. The number of carbonyl (C=O) groups excluding carboxylic acids is 1. The fourth-order valence-electron chi connectivity index (χ4n) is 1.29. The second-order valence-corrected chi connectivity index (χ2v) is 3.17. The SMILES string of the molecule is N#Cc1ccc(-n2ccc(C(N)=O)n2)cc1. The Morgan fingerprint density at radius 2 is 2.00 bits per heavy atom. The Hall–Kier alpha value is -2.61. The van der Waals surface area contributed by atoms with Gasteiger partial charge in [-0.3, -0.25) is 4.79 Å². The van der Waals surface area contributed by atoms with Crippen LogP contribution in [-0.2, 0) is 0 Å². The summed E-state index contributed by atoms with van der Waals surface area (Å²) in [6, 6.07) is 10.4. The van der Waals surface area contributed by atoms with Crippen LogP contribution in [0, 0.1) is 11.3 Å². The molecule has 0 spiro atoms. The van der Waals surface area contributed by atoms with E-state index >= 15 is 0 Å². The number of hydrogen-bond donors (Lipinski definition) is 1. The van der Waals surface area contributed by atoms with Crippen molar-refractivity contribution in [3.63, 3.8) is 0 Å². The molecule has 1 aromatic heterocycles. The van der Waals surface area contributed by atoms with Crippen molar-refractivity contribution in [2.75, 3.05) is 0 Å². The highest BCUT2D eigenvalue weighted by Crippen LogP contribution is 2.08. The Balaban J connectivity index is 2.36. The molecule has 2 rings (SSSR count). The Bertz CT molecular complexity index is 562. The predicted molar refractivity (Wildman–Crippen MR) is 56.8 cm³/mol. The van der Waals surface area contributed by atoms with Crippen LogP contribution in [0.3, 0.4) is 0 Å². The maximum atomic E-state index is 10.8. The van der Waals surface area contributed by atoms with Crippen molar-refractivity contribution < 1.29 is 4.79 Å². The number of hydrogen-bond acceptors (Lipinski definition) is 3. The predicted octanol–water partition coefficient (Wildman–Crippen LogP) is 0.843. The van der Waals surface area contributed by atoms with E-state index in [1.54, 1.807) is 36.5 Å². The minimum Gasteiger partial charge on any atom is -0.364 e. The molecule has 5 heteroatoms. The van der Waals surface area contributed by atoms with Crippen LogP contribution < -0.4 is 5.73 Å². The second kappa shape index (κ2) is 3.87. The summed E-state index contributed by atoms with van der Waals surface area (Å²) in [7, 11) is 0. The van der Waals surface area contributed by atoms with Crippen molar-refractivity contribution >= 4 is 5.91 Å². The monoisotopic (exact) mass is 212 g/mol. The third-order valence-electron chi connectivity index (χ3n) is 2.10. The highest BCUT2D eigenvalue weighted by molar-refractivity contribution is 5.90. The van der Waals surface area contributed by atoms with Crippen LogP contribution in [0.2, 0.25) is 0 Å². The van der Waals surface area contributed by atoms with Gasteiger partial charge in [-0.2, -0.15) is 10.4 Å². The van der Waals surface area contributed by atoms with Gasteiger partial charge >= 0.3 is 0 Å². The van der Waals surface area contributed by atoms with E-state index in [9.17, 15) is 4.79 Å². The number of nitrogens with two attached hydrogens (primary N) is 1. The molecular weight excluding hydrogens is 204 g/mol. The van der Waals surface area contributed by atoms with Gasteiger partial charge in [-0.25, -0.2) is 4.68 Å². The van der Waals surface area contributed by atoms with Gasteiger partial charge in [-0.15, -0.1) is 0 Å². The third-order valence-corrected chi connectivity index (χ3v) is 2.10. The topological polar surface area (TPSA) is 84.7 Å². The Morgan fingerprint density at radius 1 is 1.31 bits per heavy atom. The van der Waals surface area contributed by atoms with Crippen molar-refractivity contribution in [1.82, 2.24) is 9.78 Å². The summed E-state index contributed by atoms with van der Waals surface area (Å²) >= 11 is 0. The zero-order valence-corrected chi connectivity index (χ0v) is 8.29. The van der Waals surface area contributed by atoms with Crippen LogP contribution in [0.4, 0.5) is 0 Å². The normalized spacial score (nSPS) is 9.69. The molecule has 1 aromatic carbocycles. The zero-order valence-electron chi connectivity index (χ0n) is 8.29. The first-order valence-electron chi connectivity index (χ1n) is 4.57. The molecule has 16 heavy (non-hydrogen) atoms. The van der Waals surface area contributed by atoms with Gasteiger partial charge in [-0.1, -0.05) is 0 Å². The number of carbonyl (C=O) groups is 1. The van der Waals surface area contributed by atoms with E-state index in [0.29, 0.717) is 5.56 Å². The Kier molecular flexibility index (Phi) is 2.40. The van der Waals surface area contributed by atoms with E-state index in [0.717, 1.165) is 5.69 Å². The lowest BCUT2D eigenvalue weighted by molar-refractivity contribution is 0.0995. The smallest absolute Gasteiger partial charge is 0.269 e. The molecule has 78 valence electrons. The highest BCUT2D eigenvalue weighted by atomic mass is 16.1. The van der Waals surface area contributed by atoms with Crippen molar-refractivity contribution in [3.8, 4) is 11.8 Å². The minimum atomic E-state index is -0.563. The number of primary amides is 1. The molecule has 5 nitrogen and oxygen atoms in total. The molecule has 0 radical (unpaired) electrons. The quantitative estimate of drug-likeness (QED) is 0.800. The molecule has 2 N–H and O–H groups in total. The van der Waals surface area contributed by atoms with Crippen LogP contribution in [0.5, 0.6) is 0 Å². The number of rotatable bonds is 2. The van der Waals surface area contributed by atoms with Crippen LogP contribution in [-0.4, -0.2) is 15.7 Å². The van der Waals surface area contributed by atoms with E-state index in [4.69, 9.17) is 11.0 Å². The molecule has 1 amide bonds. The molecule has 0 bridgehead atoms. The summed E-state index contributed by atoms with van der Waals surface area (Å²) < 4.78 is 1.53. The molecular formula is C11H8N4O. The highest BCUT2D eigenvalue weighted by Gasteiger charge is 2.05. The molecule has 0 atom stereocenters. The van der Waals surface area contributed by atoms with E-state index in [1.165, 1.54) is 4.68 Å². The Labute approximate surface area is 91.7 Å². The van der Waals surface area contributed by atoms with Crippen LogP contribution >= 0.6 is 0 Å². The lowest BCUT2D eigenvalue weighted by Crippen LogP contribution is -2.12. The molecule has 1 heterocycles. The van der Waals surface area contributed by atoms with Crippen LogP contribution in [0.15, 0.2) is 36.5 Å². The first-order valence-corrected chi connectivity index (χ1v) is 4.57. The summed E-state index contributed by atoms with van der Waals surface area (Å²) in [5, 5.41) is 12.6. The lowest BCUT2D eigenvalue weighted by atomic mass is 10.2. The van der Waals surface area contributed by atoms with E-state index < -0.39 is 5.91 Å². The molecule has 0 aliphatic carbocycles. The van der Waals surface area contributed by atoms with E-state index in [-0.39, 0.29) is 5.69 Å². The average Bonchev–Trinajstić information content (AvgIpc) is 2.78. The molecule has 0 aliphatic heterocycles. The molecule has 0 saturated heterocycles. The molecule has 0 unspecified atom stereocenters. The summed E-state index contributed by atoms with van der Waals surface area (Å²) in [6.07, 6.45) is 1.64. The number of nitriles is 1. The van der Waals surface area contributed by atoms with Gasteiger partial charge in [0.25, 0.3) is 5.91 Å². The summed E-state index contributed by atoms with van der Waals surface area (Å²) in [6.45, 7) is 0. The van der Waals surface area contributed by atoms with Gasteiger partial charge in [-0.05, 0) is 30.3 Å². The average molecular weight is 212 g/mol. The minimum absolute atomic E-state index is 0.212. The fraction of sp³-hybridized carbons (Fsp3) is 0. The van der Waals surface area contributed by atoms with Crippen molar-refractivity contribution in [1.29, 1.82) is 5.26 Å². The molecule has 0 aliphatic rings. The van der Waals surface area contributed by atoms with Crippen LogP contribution in [0.1, 0.15) is 16.1 Å². The van der Waals surface area contributed by atoms with E-state index in [2.05, 4.69) is 5.10 Å². The third kappa shape index (κ3) is 1.77. The fourth-order valence-corrected chi connectivity index (χ4v) is 1.29. The molecule has 0 saturated carbocycles. The largest absolute Gasteiger partial charge is 0.364 e. The number of benzene rings is 1. The first kappa shape index (κ1) is 9.93. The van der Waals surface area contributed by atoms with Crippen LogP contribution in [0.25, 0.3) is 5.69 Å². The van der Waals surface area contributed by atoms with Gasteiger partial charge in [0.1, 0.15) is 5.69 Å². The molecule has 0 fully saturated rings.